The summed E-state index contributed by atoms with van der Waals surface area (Å²) in [5, 5.41) is 12.7. The molecule has 0 saturated carbocycles. The van der Waals surface area contributed by atoms with Crippen molar-refractivity contribution in [3.05, 3.63) is 60.1 Å². The number of aliphatic hydroxyl groups is 1. The first-order valence-corrected chi connectivity index (χ1v) is 6.75. The lowest BCUT2D eigenvalue weighted by molar-refractivity contribution is -0.123. The predicted octanol–water partition coefficient (Wildman–Crippen LogP) is 2.62. The molecule has 0 fully saturated rings. The van der Waals surface area contributed by atoms with Crippen molar-refractivity contribution in [3.8, 4) is 0 Å². The molecule has 1 aromatic heterocycles. The smallest absolute Gasteiger partial charge is 0.227 e. The van der Waals surface area contributed by atoms with Crippen LogP contribution in [0.15, 0.2) is 53.3 Å². The van der Waals surface area contributed by atoms with Crippen LogP contribution >= 0.6 is 0 Å². The number of furan rings is 1. The fourth-order valence-electron chi connectivity index (χ4n) is 2.16. The van der Waals surface area contributed by atoms with E-state index in [-0.39, 0.29) is 18.4 Å². The number of hydrogen-bond donors (Lipinski definition) is 2. The first kappa shape index (κ1) is 14.3. The topological polar surface area (TPSA) is 62.5 Å². The Morgan fingerprint density at radius 2 is 2.00 bits per heavy atom. The van der Waals surface area contributed by atoms with Crippen LogP contribution in [0.5, 0.6) is 0 Å². The summed E-state index contributed by atoms with van der Waals surface area (Å²) >= 11 is 0. The van der Waals surface area contributed by atoms with Gasteiger partial charge in [0.05, 0.1) is 24.5 Å². The van der Waals surface area contributed by atoms with Gasteiger partial charge in [-0.15, -0.1) is 0 Å². The van der Waals surface area contributed by atoms with Crippen LogP contribution in [0, 0.1) is 0 Å². The van der Waals surface area contributed by atoms with Crippen LogP contribution in [0.3, 0.4) is 0 Å². The Kier molecular flexibility index (Phi) is 4.96. The summed E-state index contributed by atoms with van der Waals surface area (Å²) in [6.07, 6.45) is 2.95. The van der Waals surface area contributed by atoms with Crippen molar-refractivity contribution in [3.63, 3.8) is 0 Å². The second kappa shape index (κ2) is 6.91. The van der Waals surface area contributed by atoms with Gasteiger partial charge in [-0.2, -0.15) is 0 Å². The quantitative estimate of drug-likeness (QED) is 0.850. The van der Waals surface area contributed by atoms with Gasteiger partial charge >= 0.3 is 0 Å². The fourth-order valence-corrected chi connectivity index (χ4v) is 2.16. The molecule has 0 aliphatic rings. The van der Waals surface area contributed by atoms with Crippen molar-refractivity contribution in [1.82, 2.24) is 5.32 Å². The van der Waals surface area contributed by atoms with Gasteiger partial charge in [0.2, 0.25) is 5.91 Å². The molecule has 1 heterocycles. The van der Waals surface area contributed by atoms with Crippen molar-refractivity contribution >= 4 is 5.91 Å². The van der Waals surface area contributed by atoms with Gasteiger partial charge in [-0.1, -0.05) is 37.3 Å². The molecule has 0 saturated heterocycles. The molecule has 0 unspecified atom stereocenters. The third kappa shape index (κ3) is 3.48. The van der Waals surface area contributed by atoms with E-state index >= 15 is 0 Å². The average Bonchev–Trinajstić information content (AvgIpc) is 3.01. The highest BCUT2D eigenvalue weighted by Crippen LogP contribution is 2.19. The standard InChI is InChI=1S/C16H19NO3/c1-2-14(12-6-4-3-5-7-12)16(19)17-10-15(18)13-8-9-20-11-13/h3-9,11,14-15,18H,2,10H2,1H3,(H,17,19)/t14-,15+/m1/s1. The Balaban J connectivity index is 1.93. The van der Waals surface area contributed by atoms with Crippen LogP contribution in [-0.4, -0.2) is 17.6 Å². The van der Waals surface area contributed by atoms with Gasteiger partial charge in [-0.05, 0) is 18.1 Å². The highest BCUT2D eigenvalue weighted by molar-refractivity contribution is 5.83. The van der Waals surface area contributed by atoms with Crippen molar-refractivity contribution in [2.24, 2.45) is 0 Å². The minimum absolute atomic E-state index is 0.0683. The molecule has 2 aromatic rings. The van der Waals surface area contributed by atoms with Gasteiger partial charge < -0.3 is 14.8 Å². The molecule has 0 radical (unpaired) electrons. The number of carbonyl (C=O) groups is 1. The number of aliphatic hydroxyl groups excluding tert-OH is 1. The van der Waals surface area contributed by atoms with Gasteiger partial charge in [0.15, 0.2) is 0 Å². The van der Waals surface area contributed by atoms with Crippen LogP contribution in [0.25, 0.3) is 0 Å². The molecular formula is C16H19NO3. The molecule has 106 valence electrons. The van der Waals surface area contributed by atoms with E-state index in [1.54, 1.807) is 6.07 Å². The van der Waals surface area contributed by atoms with Crippen LogP contribution in [0.4, 0.5) is 0 Å². The second-order valence-electron chi connectivity index (χ2n) is 4.69. The molecule has 2 atom stereocenters. The minimum Gasteiger partial charge on any atom is -0.472 e. The molecular weight excluding hydrogens is 254 g/mol. The van der Waals surface area contributed by atoms with Gasteiger partial charge in [-0.25, -0.2) is 0 Å². The van der Waals surface area contributed by atoms with E-state index in [1.165, 1.54) is 12.5 Å². The summed E-state index contributed by atoms with van der Waals surface area (Å²) < 4.78 is 4.91. The van der Waals surface area contributed by atoms with Gasteiger partial charge in [0.1, 0.15) is 0 Å². The first-order chi connectivity index (χ1) is 9.72. The third-order valence-electron chi connectivity index (χ3n) is 3.32. The molecule has 0 aliphatic heterocycles. The molecule has 4 nitrogen and oxygen atoms in total. The van der Waals surface area contributed by atoms with Gasteiger partial charge in [-0.3, -0.25) is 4.79 Å². The summed E-state index contributed by atoms with van der Waals surface area (Å²) in [7, 11) is 0. The van der Waals surface area contributed by atoms with E-state index in [1.807, 2.05) is 37.3 Å². The van der Waals surface area contributed by atoms with E-state index in [4.69, 9.17) is 4.42 Å². The van der Waals surface area contributed by atoms with E-state index < -0.39 is 6.10 Å². The molecule has 1 aromatic carbocycles. The SMILES string of the molecule is CC[C@@H](C(=O)NC[C@H](O)c1ccoc1)c1ccccc1. The normalized spacial score (nSPS) is 13.7. The van der Waals surface area contributed by atoms with Crippen molar-refractivity contribution < 1.29 is 14.3 Å². The Hall–Kier alpha value is -2.07. The predicted molar refractivity (Wildman–Crippen MR) is 76.2 cm³/mol. The number of nitrogens with one attached hydrogen (secondary N) is 1. The Morgan fingerprint density at radius 1 is 1.25 bits per heavy atom. The summed E-state index contributed by atoms with van der Waals surface area (Å²) in [5.74, 6) is -0.256. The van der Waals surface area contributed by atoms with E-state index in [0.717, 1.165) is 12.0 Å². The van der Waals surface area contributed by atoms with Crippen LogP contribution in [-0.2, 0) is 4.79 Å². The number of rotatable bonds is 6. The largest absolute Gasteiger partial charge is 0.472 e. The number of benzene rings is 1. The first-order valence-electron chi connectivity index (χ1n) is 6.75. The lowest BCUT2D eigenvalue weighted by atomic mass is 9.95. The van der Waals surface area contributed by atoms with Gasteiger partial charge in [0.25, 0.3) is 0 Å². The van der Waals surface area contributed by atoms with E-state index in [2.05, 4.69) is 5.32 Å². The Morgan fingerprint density at radius 3 is 2.60 bits per heavy atom. The maximum atomic E-state index is 12.2. The minimum atomic E-state index is -0.744. The number of hydrogen-bond acceptors (Lipinski definition) is 3. The van der Waals surface area contributed by atoms with Crippen molar-refractivity contribution in [2.75, 3.05) is 6.54 Å². The highest BCUT2D eigenvalue weighted by atomic mass is 16.3. The third-order valence-corrected chi connectivity index (χ3v) is 3.32. The lowest BCUT2D eigenvalue weighted by Gasteiger charge is -2.17. The van der Waals surface area contributed by atoms with E-state index in [0.29, 0.717) is 5.56 Å². The summed E-state index contributed by atoms with van der Waals surface area (Å²) in [4.78, 5) is 12.2. The maximum absolute atomic E-state index is 12.2. The number of carbonyl (C=O) groups excluding carboxylic acids is 1. The highest BCUT2D eigenvalue weighted by Gasteiger charge is 2.19. The molecule has 20 heavy (non-hydrogen) atoms. The fraction of sp³-hybridized carbons (Fsp3) is 0.312. The lowest BCUT2D eigenvalue weighted by Crippen LogP contribution is -2.32. The molecule has 4 heteroatoms. The van der Waals surface area contributed by atoms with E-state index in [9.17, 15) is 9.90 Å². The monoisotopic (exact) mass is 273 g/mol. The Labute approximate surface area is 118 Å². The van der Waals surface area contributed by atoms with Crippen LogP contribution < -0.4 is 5.32 Å². The molecule has 2 rings (SSSR count). The zero-order chi connectivity index (χ0) is 14.4. The summed E-state index contributed by atoms with van der Waals surface area (Å²) in [6.45, 7) is 2.16. The summed E-state index contributed by atoms with van der Waals surface area (Å²) in [6, 6.07) is 11.3. The second-order valence-corrected chi connectivity index (χ2v) is 4.69. The zero-order valence-electron chi connectivity index (χ0n) is 11.5. The number of amides is 1. The molecule has 1 amide bonds. The van der Waals surface area contributed by atoms with Crippen LogP contribution in [0.2, 0.25) is 0 Å². The Bertz CT molecular complexity index is 522. The molecule has 0 bridgehead atoms. The van der Waals surface area contributed by atoms with Crippen molar-refractivity contribution in [1.29, 1.82) is 0 Å². The van der Waals surface area contributed by atoms with Gasteiger partial charge in [0, 0.05) is 12.1 Å². The molecule has 0 spiro atoms. The average molecular weight is 273 g/mol. The maximum Gasteiger partial charge on any atom is 0.227 e. The summed E-state index contributed by atoms with van der Waals surface area (Å²) in [5.41, 5.74) is 1.66. The van der Waals surface area contributed by atoms with Crippen molar-refractivity contribution in [2.45, 2.75) is 25.4 Å². The molecule has 2 N–H and O–H groups in total. The molecule has 0 aliphatic carbocycles. The zero-order valence-corrected chi connectivity index (χ0v) is 11.5. The van der Waals surface area contributed by atoms with Crippen LogP contribution in [0.1, 0.15) is 36.5 Å².